The Labute approximate surface area is 113 Å². The third-order valence-electron chi connectivity index (χ3n) is 2.62. The van der Waals surface area contributed by atoms with Crippen LogP contribution in [0.4, 0.5) is 5.69 Å². The summed E-state index contributed by atoms with van der Waals surface area (Å²) in [4.78, 5) is 11.8. The molecular weight excluding hydrogens is 264 g/mol. The number of nitrogens with one attached hydrogen (secondary N) is 1. The van der Waals surface area contributed by atoms with Crippen molar-refractivity contribution in [2.24, 2.45) is 5.14 Å². The van der Waals surface area contributed by atoms with Crippen LogP contribution in [0.25, 0.3) is 0 Å². The molecule has 0 atom stereocenters. The lowest BCUT2D eigenvalue weighted by molar-refractivity contribution is -0.112. The molecule has 104 valence electrons. The molecule has 0 saturated carbocycles. The van der Waals surface area contributed by atoms with Gasteiger partial charge in [-0.15, -0.1) is 0 Å². The monoisotopic (exact) mass is 282 g/mol. The summed E-state index contributed by atoms with van der Waals surface area (Å²) in [7, 11) is -3.79. The number of amides is 1. The van der Waals surface area contributed by atoms with E-state index >= 15 is 0 Å². The van der Waals surface area contributed by atoms with Gasteiger partial charge in [-0.25, -0.2) is 13.6 Å². The Morgan fingerprint density at radius 2 is 2.05 bits per heavy atom. The van der Waals surface area contributed by atoms with E-state index in [1.54, 1.807) is 32.1 Å². The first-order chi connectivity index (χ1) is 8.75. The second-order valence-electron chi connectivity index (χ2n) is 4.27. The van der Waals surface area contributed by atoms with Gasteiger partial charge in [-0.3, -0.25) is 4.79 Å². The molecular formula is C13H18N2O3S. The van der Waals surface area contributed by atoms with Crippen molar-refractivity contribution in [1.82, 2.24) is 0 Å². The molecule has 0 saturated heterocycles. The number of carbonyl (C=O) groups excluding carboxylic acids is 1. The molecule has 0 spiro atoms. The van der Waals surface area contributed by atoms with E-state index in [2.05, 4.69) is 5.32 Å². The molecule has 0 aliphatic heterocycles. The van der Waals surface area contributed by atoms with Gasteiger partial charge < -0.3 is 5.32 Å². The highest BCUT2D eigenvalue weighted by Crippen LogP contribution is 2.19. The number of sulfonamides is 1. The minimum absolute atomic E-state index is 0.0161. The number of carbonyl (C=O) groups is 1. The maximum atomic E-state index is 11.8. The number of anilines is 1. The lowest BCUT2D eigenvalue weighted by atomic mass is 10.2. The number of benzene rings is 1. The molecule has 1 aromatic rings. The number of hydrogen-bond acceptors (Lipinski definition) is 3. The summed E-state index contributed by atoms with van der Waals surface area (Å²) >= 11 is 0. The van der Waals surface area contributed by atoms with E-state index in [4.69, 9.17) is 5.14 Å². The first kappa shape index (κ1) is 15.4. The van der Waals surface area contributed by atoms with Crippen LogP contribution in [0.5, 0.6) is 0 Å². The van der Waals surface area contributed by atoms with Crippen LogP contribution >= 0.6 is 0 Å². The maximum Gasteiger partial charge on any atom is 0.250 e. The Morgan fingerprint density at radius 1 is 1.42 bits per heavy atom. The molecule has 0 aliphatic rings. The molecule has 0 aromatic heterocycles. The summed E-state index contributed by atoms with van der Waals surface area (Å²) in [5.41, 5.74) is 1.53. The molecule has 0 unspecified atom stereocenters. The van der Waals surface area contributed by atoms with E-state index in [0.717, 1.165) is 6.42 Å². The van der Waals surface area contributed by atoms with Gasteiger partial charge in [0.2, 0.25) is 10.0 Å². The average Bonchev–Trinajstić information content (AvgIpc) is 2.30. The Morgan fingerprint density at radius 3 is 2.58 bits per heavy atom. The topological polar surface area (TPSA) is 89.3 Å². The molecule has 1 rings (SSSR count). The van der Waals surface area contributed by atoms with Gasteiger partial charge in [0, 0.05) is 11.3 Å². The van der Waals surface area contributed by atoms with E-state index in [-0.39, 0.29) is 10.8 Å². The molecule has 0 fully saturated rings. The molecule has 5 nitrogen and oxygen atoms in total. The third kappa shape index (κ3) is 4.18. The Balaban J connectivity index is 3.05. The summed E-state index contributed by atoms with van der Waals surface area (Å²) in [6.07, 6.45) is 2.56. The second-order valence-corrected chi connectivity index (χ2v) is 5.80. The summed E-state index contributed by atoms with van der Waals surface area (Å²) < 4.78 is 22.8. The lowest BCUT2D eigenvalue weighted by Crippen LogP contribution is -2.16. The highest BCUT2D eigenvalue weighted by atomic mass is 32.2. The van der Waals surface area contributed by atoms with Crippen molar-refractivity contribution in [3.63, 3.8) is 0 Å². The van der Waals surface area contributed by atoms with Gasteiger partial charge in [0.05, 0.1) is 4.90 Å². The highest BCUT2D eigenvalue weighted by Gasteiger charge is 2.13. The summed E-state index contributed by atoms with van der Waals surface area (Å²) in [6.45, 7) is 5.28. The van der Waals surface area contributed by atoms with Gasteiger partial charge in [-0.05, 0) is 38.0 Å². The van der Waals surface area contributed by atoms with Crippen molar-refractivity contribution in [3.8, 4) is 0 Å². The van der Waals surface area contributed by atoms with Crippen molar-refractivity contribution in [2.45, 2.75) is 32.1 Å². The van der Waals surface area contributed by atoms with Crippen LogP contribution in [0.2, 0.25) is 0 Å². The molecule has 0 bridgehead atoms. The summed E-state index contributed by atoms with van der Waals surface area (Å²) in [5.74, 6) is -0.258. The van der Waals surface area contributed by atoms with Gasteiger partial charge in [-0.2, -0.15) is 0 Å². The van der Waals surface area contributed by atoms with Crippen LogP contribution < -0.4 is 10.5 Å². The van der Waals surface area contributed by atoms with Crippen LogP contribution in [0.1, 0.15) is 25.8 Å². The minimum Gasteiger partial charge on any atom is -0.322 e. The molecule has 0 aliphatic carbocycles. The van der Waals surface area contributed by atoms with Crippen LogP contribution in [-0.4, -0.2) is 14.3 Å². The standard InChI is InChI=1S/C13H18N2O3S/c1-4-5-10(3)13(16)15-11-7-6-9(2)12(8-11)19(14,17)18/h5-8H,4H2,1-3H3,(H,15,16)(H2,14,17,18)/b10-5-. The van der Waals surface area contributed by atoms with Crippen LogP contribution in [-0.2, 0) is 14.8 Å². The second kappa shape index (κ2) is 5.99. The largest absolute Gasteiger partial charge is 0.322 e. The number of primary sulfonamides is 1. The highest BCUT2D eigenvalue weighted by molar-refractivity contribution is 7.89. The van der Waals surface area contributed by atoms with Gasteiger partial charge in [0.15, 0.2) is 0 Å². The van der Waals surface area contributed by atoms with Crippen molar-refractivity contribution < 1.29 is 13.2 Å². The van der Waals surface area contributed by atoms with Crippen molar-refractivity contribution in [3.05, 3.63) is 35.4 Å². The van der Waals surface area contributed by atoms with Gasteiger partial charge >= 0.3 is 0 Å². The predicted molar refractivity (Wildman–Crippen MR) is 75.2 cm³/mol. The van der Waals surface area contributed by atoms with Crippen molar-refractivity contribution >= 4 is 21.6 Å². The van der Waals surface area contributed by atoms with Gasteiger partial charge in [-0.1, -0.05) is 19.1 Å². The molecule has 6 heteroatoms. The molecule has 3 N–H and O–H groups in total. The number of hydrogen-bond donors (Lipinski definition) is 2. The molecule has 0 radical (unpaired) electrons. The van der Waals surface area contributed by atoms with Crippen molar-refractivity contribution in [2.75, 3.05) is 5.32 Å². The first-order valence-corrected chi connectivity index (χ1v) is 7.42. The fourth-order valence-electron chi connectivity index (χ4n) is 1.61. The molecule has 1 amide bonds. The zero-order valence-corrected chi connectivity index (χ0v) is 12.0. The number of allylic oxidation sites excluding steroid dienone is 1. The van der Waals surface area contributed by atoms with E-state index in [1.165, 1.54) is 6.07 Å². The fourth-order valence-corrected chi connectivity index (χ4v) is 2.42. The van der Waals surface area contributed by atoms with Gasteiger partial charge in [0.1, 0.15) is 0 Å². The van der Waals surface area contributed by atoms with E-state index in [0.29, 0.717) is 16.8 Å². The van der Waals surface area contributed by atoms with Crippen LogP contribution in [0.15, 0.2) is 34.7 Å². The third-order valence-corrected chi connectivity index (χ3v) is 3.67. The average molecular weight is 282 g/mol. The SMILES string of the molecule is CC/C=C(/C)C(=O)Nc1ccc(C)c(S(N)(=O)=O)c1. The summed E-state index contributed by atoms with van der Waals surface area (Å²) in [6, 6.07) is 4.61. The Bertz CT molecular complexity index is 619. The first-order valence-electron chi connectivity index (χ1n) is 5.87. The molecule has 19 heavy (non-hydrogen) atoms. The number of rotatable bonds is 4. The zero-order valence-electron chi connectivity index (χ0n) is 11.2. The van der Waals surface area contributed by atoms with Crippen LogP contribution in [0, 0.1) is 6.92 Å². The van der Waals surface area contributed by atoms with Gasteiger partial charge in [0.25, 0.3) is 5.91 Å². The maximum absolute atomic E-state index is 11.8. The minimum atomic E-state index is -3.79. The fraction of sp³-hybridized carbons (Fsp3) is 0.308. The number of aryl methyl sites for hydroxylation is 1. The number of nitrogens with two attached hydrogens (primary N) is 1. The van der Waals surface area contributed by atoms with Crippen LogP contribution in [0.3, 0.4) is 0 Å². The van der Waals surface area contributed by atoms with E-state index in [1.807, 2.05) is 6.92 Å². The predicted octanol–water partition coefficient (Wildman–Crippen LogP) is 1.94. The van der Waals surface area contributed by atoms with E-state index in [9.17, 15) is 13.2 Å². The Hall–Kier alpha value is -1.66. The van der Waals surface area contributed by atoms with Crippen molar-refractivity contribution in [1.29, 1.82) is 0 Å². The lowest BCUT2D eigenvalue weighted by Gasteiger charge is -2.09. The summed E-state index contributed by atoms with van der Waals surface area (Å²) in [5, 5.41) is 7.75. The molecule has 1 aromatic carbocycles. The van der Waals surface area contributed by atoms with E-state index < -0.39 is 10.0 Å². The normalized spacial score (nSPS) is 12.3. The smallest absolute Gasteiger partial charge is 0.250 e. The Kier molecular flexibility index (Phi) is 4.85. The molecule has 0 heterocycles. The zero-order chi connectivity index (χ0) is 14.6. The quantitative estimate of drug-likeness (QED) is 0.827.